The summed E-state index contributed by atoms with van der Waals surface area (Å²) in [5.74, 6) is 0.683. The fourth-order valence-electron chi connectivity index (χ4n) is 2.66. The van der Waals surface area contributed by atoms with Crippen molar-refractivity contribution >= 4 is 5.69 Å². The first kappa shape index (κ1) is 14.7. The fourth-order valence-corrected chi connectivity index (χ4v) is 2.66. The van der Waals surface area contributed by atoms with Crippen molar-refractivity contribution in [3.05, 3.63) is 33.9 Å². The van der Waals surface area contributed by atoms with Crippen molar-refractivity contribution in [1.29, 1.82) is 0 Å². The molecule has 1 aliphatic rings. The minimum absolute atomic E-state index is 0.0927. The number of methoxy groups -OCH3 is 1. The molecule has 0 spiro atoms. The van der Waals surface area contributed by atoms with E-state index in [1.54, 1.807) is 19.2 Å². The summed E-state index contributed by atoms with van der Waals surface area (Å²) in [5, 5.41) is 10.9. The molecule has 1 aromatic rings. The maximum atomic E-state index is 10.9. The lowest BCUT2D eigenvalue weighted by atomic mass is 10.1. The minimum atomic E-state index is -0.381. The molecular formula is C14H20N2O4. The molecule has 0 aromatic heterocycles. The number of hydrogen-bond acceptors (Lipinski definition) is 5. The van der Waals surface area contributed by atoms with Crippen LogP contribution in [0.2, 0.25) is 0 Å². The van der Waals surface area contributed by atoms with E-state index in [0.29, 0.717) is 12.3 Å². The lowest BCUT2D eigenvalue weighted by Gasteiger charge is -2.35. The number of ether oxygens (including phenoxy) is 2. The number of non-ortho nitro benzene ring substituents is 1. The van der Waals surface area contributed by atoms with Gasteiger partial charge in [-0.05, 0) is 19.9 Å². The molecule has 20 heavy (non-hydrogen) atoms. The van der Waals surface area contributed by atoms with Crippen molar-refractivity contribution in [2.24, 2.45) is 0 Å². The van der Waals surface area contributed by atoms with E-state index in [2.05, 4.69) is 4.90 Å². The van der Waals surface area contributed by atoms with E-state index in [1.165, 1.54) is 6.07 Å². The van der Waals surface area contributed by atoms with Crippen LogP contribution in [0.3, 0.4) is 0 Å². The summed E-state index contributed by atoms with van der Waals surface area (Å²) in [6, 6.07) is 4.71. The molecule has 0 N–H and O–H groups in total. The highest BCUT2D eigenvalue weighted by Crippen LogP contribution is 2.26. The molecule has 1 aliphatic heterocycles. The highest BCUT2D eigenvalue weighted by Gasteiger charge is 2.23. The number of hydrogen-bond donors (Lipinski definition) is 0. The highest BCUT2D eigenvalue weighted by molar-refractivity contribution is 5.43. The Kier molecular flexibility index (Phi) is 4.57. The number of benzene rings is 1. The third-order valence-corrected chi connectivity index (χ3v) is 3.36. The molecule has 2 rings (SSSR count). The first-order valence-electron chi connectivity index (χ1n) is 6.68. The molecule has 1 fully saturated rings. The van der Waals surface area contributed by atoms with Crippen LogP contribution >= 0.6 is 0 Å². The Balaban J connectivity index is 2.18. The molecule has 2 atom stereocenters. The average Bonchev–Trinajstić information content (AvgIpc) is 2.37. The van der Waals surface area contributed by atoms with Crippen LogP contribution in [0, 0.1) is 10.1 Å². The summed E-state index contributed by atoms with van der Waals surface area (Å²) in [7, 11) is 1.58. The van der Waals surface area contributed by atoms with Gasteiger partial charge in [-0.25, -0.2) is 0 Å². The van der Waals surface area contributed by atoms with E-state index < -0.39 is 0 Å². The molecule has 0 amide bonds. The van der Waals surface area contributed by atoms with Crippen LogP contribution < -0.4 is 4.74 Å². The van der Waals surface area contributed by atoms with E-state index in [0.717, 1.165) is 18.7 Å². The Morgan fingerprint density at radius 3 is 2.60 bits per heavy atom. The van der Waals surface area contributed by atoms with Crippen molar-refractivity contribution in [3.8, 4) is 5.75 Å². The Hall–Kier alpha value is -1.66. The number of rotatable bonds is 4. The van der Waals surface area contributed by atoms with Gasteiger partial charge < -0.3 is 9.47 Å². The van der Waals surface area contributed by atoms with Crippen molar-refractivity contribution in [1.82, 2.24) is 4.90 Å². The summed E-state index contributed by atoms with van der Waals surface area (Å²) in [4.78, 5) is 12.7. The van der Waals surface area contributed by atoms with Gasteiger partial charge in [0.1, 0.15) is 5.75 Å². The number of nitro groups is 1. The fraction of sp³-hybridized carbons (Fsp3) is 0.571. The second kappa shape index (κ2) is 6.19. The molecule has 2 unspecified atom stereocenters. The van der Waals surface area contributed by atoms with Gasteiger partial charge in [0.2, 0.25) is 0 Å². The van der Waals surface area contributed by atoms with Crippen LogP contribution in [-0.4, -0.2) is 42.2 Å². The van der Waals surface area contributed by atoms with Crippen molar-refractivity contribution in [2.75, 3.05) is 20.2 Å². The van der Waals surface area contributed by atoms with E-state index in [1.807, 2.05) is 13.8 Å². The Morgan fingerprint density at radius 1 is 1.40 bits per heavy atom. The highest BCUT2D eigenvalue weighted by atomic mass is 16.6. The third-order valence-electron chi connectivity index (χ3n) is 3.36. The second-order valence-corrected chi connectivity index (χ2v) is 5.20. The van der Waals surface area contributed by atoms with Crippen LogP contribution in [0.15, 0.2) is 18.2 Å². The predicted octanol–water partition coefficient (Wildman–Crippen LogP) is 2.21. The topological polar surface area (TPSA) is 64.8 Å². The van der Waals surface area contributed by atoms with Crippen molar-refractivity contribution in [3.63, 3.8) is 0 Å². The molecule has 110 valence electrons. The zero-order valence-electron chi connectivity index (χ0n) is 12.0. The minimum Gasteiger partial charge on any atom is -0.496 e. The largest absolute Gasteiger partial charge is 0.496 e. The Labute approximate surface area is 118 Å². The summed E-state index contributed by atoms with van der Waals surface area (Å²) < 4.78 is 11.0. The van der Waals surface area contributed by atoms with Crippen molar-refractivity contribution < 1.29 is 14.4 Å². The number of morpholine rings is 1. The molecule has 0 radical (unpaired) electrons. The molecule has 1 heterocycles. The van der Waals surface area contributed by atoms with Crippen LogP contribution in [-0.2, 0) is 11.3 Å². The van der Waals surface area contributed by atoms with E-state index in [4.69, 9.17) is 9.47 Å². The zero-order valence-corrected chi connectivity index (χ0v) is 12.0. The quantitative estimate of drug-likeness (QED) is 0.625. The van der Waals surface area contributed by atoms with E-state index >= 15 is 0 Å². The molecule has 1 saturated heterocycles. The molecule has 1 aromatic carbocycles. The van der Waals surface area contributed by atoms with Crippen LogP contribution in [0.5, 0.6) is 5.75 Å². The Bertz CT molecular complexity index is 482. The van der Waals surface area contributed by atoms with Gasteiger partial charge in [-0.15, -0.1) is 0 Å². The van der Waals surface area contributed by atoms with Gasteiger partial charge in [0.15, 0.2) is 0 Å². The van der Waals surface area contributed by atoms with E-state index in [9.17, 15) is 10.1 Å². The number of nitrogens with zero attached hydrogens (tertiary/aromatic N) is 2. The lowest BCUT2D eigenvalue weighted by molar-refractivity contribution is -0.385. The van der Waals surface area contributed by atoms with Gasteiger partial charge in [0.05, 0.1) is 24.2 Å². The maximum Gasteiger partial charge on any atom is 0.270 e. The Morgan fingerprint density at radius 2 is 2.05 bits per heavy atom. The van der Waals surface area contributed by atoms with Gasteiger partial charge in [0, 0.05) is 37.3 Å². The summed E-state index contributed by atoms with van der Waals surface area (Å²) >= 11 is 0. The van der Waals surface area contributed by atoms with Crippen LogP contribution in [0.25, 0.3) is 0 Å². The molecule has 0 aliphatic carbocycles. The average molecular weight is 280 g/mol. The summed E-state index contributed by atoms with van der Waals surface area (Å²) in [5.41, 5.74) is 0.929. The molecule has 6 heteroatoms. The van der Waals surface area contributed by atoms with E-state index in [-0.39, 0.29) is 22.8 Å². The van der Waals surface area contributed by atoms with Gasteiger partial charge in [-0.1, -0.05) is 0 Å². The lowest BCUT2D eigenvalue weighted by Crippen LogP contribution is -2.44. The van der Waals surface area contributed by atoms with Gasteiger partial charge in [-0.3, -0.25) is 15.0 Å². The molecule has 0 saturated carbocycles. The van der Waals surface area contributed by atoms with Gasteiger partial charge in [0.25, 0.3) is 5.69 Å². The second-order valence-electron chi connectivity index (χ2n) is 5.20. The number of nitro benzene ring substituents is 1. The zero-order chi connectivity index (χ0) is 14.7. The first-order valence-corrected chi connectivity index (χ1v) is 6.68. The van der Waals surface area contributed by atoms with Crippen LogP contribution in [0.4, 0.5) is 5.69 Å². The maximum absolute atomic E-state index is 10.9. The van der Waals surface area contributed by atoms with Crippen molar-refractivity contribution in [2.45, 2.75) is 32.6 Å². The SMILES string of the molecule is COc1ccc([N+](=O)[O-])cc1CN1CC(C)OC(C)C1. The van der Waals surface area contributed by atoms with Gasteiger partial charge in [-0.2, -0.15) is 0 Å². The standard InChI is InChI=1S/C14H20N2O4/c1-10-7-15(8-11(2)20-10)9-12-6-13(16(17)18)4-5-14(12)19-3/h4-6,10-11H,7-9H2,1-3H3. The predicted molar refractivity (Wildman–Crippen MR) is 74.9 cm³/mol. The molecule has 6 nitrogen and oxygen atoms in total. The monoisotopic (exact) mass is 280 g/mol. The summed E-state index contributed by atoms with van der Waals surface area (Å²) in [6.07, 6.45) is 0.340. The summed E-state index contributed by atoms with van der Waals surface area (Å²) in [6.45, 7) is 6.33. The molecular weight excluding hydrogens is 260 g/mol. The normalized spacial score (nSPS) is 23.6. The smallest absolute Gasteiger partial charge is 0.270 e. The molecule has 0 bridgehead atoms. The first-order chi connectivity index (χ1) is 9.49. The third kappa shape index (κ3) is 3.46. The van der Waals surface area contributed by atoms with Crippen LogP contribution in [0.1, 0.15) is 19.4 Å². The van der Waals surface area contributed by atoms with Gasteiger partial charge >= 0.3 is 0 Å².